The van der Waals surface area contributed by atoms with Gasteiger partial charge in [-0.3, -0.25) is 9.38 Å². The minimum absolute atomic E-state index is 0.00692. The molecule has 0 saturated carbocycles. The molecule has 22 heavy (non-hydrogen) atoms. The normalized spacial score (nSPS) is 26.8. The number of carbonyl (C=O) groups is 1. The number of benzene rings is 1. The van der Waals surface area contributed by atoms with Gasteiger partial charge in [-0.05, 0) is 45.4 Å². The van der Waals surface area contributed by atoms with E-state index >= 15 is 0 Å². The fourth-order valence-electron chi connectivity index (χ4n) is 3.69. The largest absolute Gasteiger partial charge is 0.498 e. The van der Waals surface area contributed by atoms with Gasteiger partial charge in [0, 0.05) is 18.8 Å². The highest BCUT2D eigenvalue weighted by Crippen LogP contribution is 2.32. The molecular formula is C17H27N3O2. The van der Waals surface area contributed by atoms with Crippen molar-refractivity contribution in [2.24, 2.45) is 0 Å². The highest BCUT2D eigenvalue weighted by Gasteiger charge is 2.49. The first-order valence-electron chi connectivity index (χ1n) is 7.83. The van der Waals surface area contributed by atoms with Crippen LogP contribution in [-0.4, -0.2) is 46.7 Å². The predicted octanol–water partition coefficient (Wildman–Crippen LogP) is 1.43. The van der Waals surface area contributed by atoms with Crippen LogP contribution in [0.15, 0.2) is 24.3 Å². The van der Waals surface area contributed by atoms with Gasteiger partial charge in [0.15, 0.2) is 0 Å². The fraction of sp³-hybridized carbons (Fsp3) is 0.588. The van der Waals surface area contributed by atoms with E-state index < -0.39 is 6.09 Å². The van der Waals surface area contributed by atoms with Gasteiger partial charge in [-0.25, -0.2) is 0 Å². The summed E-state index contributed by atoms with van der Waals surface area (Å²) in [4.78, 5) is 14.2. The molecule has 5 heteroatoms. The lowest BCUT2D eigenvalue weighted by atomic mass is 9.95. The summed E-state index contributed by atoms with van der Waals surface area (Å²) in [7, 11) is 0. The summed E-state index contributed by atoms with van der Waals surface area (Å²) in [5, 5.41) is 11.9. The number of quaternary nitrogens is 1. The molecule has 2 rings (SSSR count). The molecule has 1 fully saturated rings. The number of rotatable bonds is 2. The highest BCUT2D eigenvalue weighted by atomic mass is 16.4. The summed E-state index contributed by atoms with van der Waals surface area (Å²) >= 11 is 0. The van der Waals surface area contributed by atoms with E-state index in [0.717, 1.165) is 25.3 Å². The molecule has 1 unspecified atom stereocenters. The Hall–Kier alpha value is -1.59. The second kappa shape index (κ2) is 5.89. The maximum Gasteiger partial charge on any atom is 0.258 e. The number of hydrogen-bond acceptors (Lipinski definition) is 4. The van der Waals surface area contributed by atoms with Crippen LogP contribution in [0.25, 0.3) is 0 Å². The summed E-state index contributed by atoms with van der Waals surface area (Å²) in [6.07, 6.45) is -0.966. The third-order valence-electron chi connectivity index (χ3n) is 4.95. The molecule has 0 radical (unpaired) electrons. The van der Waals surface area contributed by atoms with Crippen LogP contribution in [0, 0.1) is 0 Å². The highest BCUT2D eigenvalue weighted by molar-refractivity contribution is 5.55. The van der Waals surface area contributed by atoms with E-state index in [1.165, 1.54) is 5.56 Å². The van der Waals surface area contributed by atoms with Crippen molar-refractivity contribution in [3.63, 3.8) is 0 Å². The molecule has 0 spiro atoms. The molecule has 1 amide bonds. The van der Waals surface area contributed by atoms with Gasteiger partial charge in [0.05, 0.1) is 18.6 Å². The van der Waals surface area contributed by atoms with Gasteiger partial charge in [-0.15, -0.1) is 0 Å². The van der Waals surface area contributed by atoms with Gasteiger partial charge in [0.2, 0.25) is 0 Å². The standard InChI is InChI=1S/C17H27N3O2/c1-13-11-19(12-14-5-7-15(18)8-6-14)9-10-20(13,16(21)22)17(2,3)4/h5-8,13H,9-12,18H2,1-4H3/t13-,20?/m1/s1. The van der Waals surface area contributed by atoms with Gasteiger partial charge in [-0.1, -0.05) is 12.1 Å². The van der Waals surface area contributed by atoms with Gasteiger partial charge in [0.1, 0.15) is 6.04 Å². The Labute approximate surface area is 132 Å². The van der Waals surface area contributed by atoms with E-state index in [1.807, 2.05) is 52.0 Å². The number of hydrogen-bond donors (Lipinski definition) is 1. The molecule has 1 aliphatic heterocycles. The van der Waals surface area contributed by atoms with Crippen molar-refractivity contribution in [1.82, 2.24) is 4.90 Å². The van der Waals surface area contributed by atoms with Crippen LogP contribution in [0.4, 0.5) is 10.5 Å². The Kier molecular flexibility index (Phi) is 4.49. The minimum atomic E-state index is -0.966. The number of amides is 1. The average molecular weight is 305 g/mol. The number of nitrogens with zero attached hydrogens (tertiary/aromatic N) is 2. The zero-order chi connectivity index (χ0) is 16.5. The van der Waals surface area contributed by atoms with E-state index in [0.29, 0.717) is 6.54 Å². The first-order valence-corrected chi connectivity index (χ1v) is 7.83. The molecule has 0 bridgehead atoms. The number of anilines is 1. The van der Waals surface area contributed by atoms with Crippen molar-refractivity contribution >= 4 is 11.8 Å². The van der Waals surface area contributed by atoms with Crippen molar-refractivity contribution in [3.8, 4) is 0 Å². The van der Waals surface area contributed by atoms with Crippen molar-refractivity contribution in [2.75, 3.05) is 25.4 Å². The molecule has 1 saturated heterocycles. The summed E-state index contributed by atoms with van der Waals surface area (Å²) in [6, 6.07) is 7.85. The van der Waals surface area contributed by atoms with Gasteiger partial charge in [-0.2, -0.15) is 0 Å². The summed E-state index contributed by atoms with van der Waals surface area (Å²) in [5.74, 6) is 0. The molecular weight excluding hydrogens is 278 g/mol. The monoisotopic (exact) mass is 305 g/mol. The van der Waals surface area contributed by atoms with Gasteiger partial charge < -0.3 is 15.6 Å². The van der Waals surface area contributed by atoms with Crippen molar-refractivity contribution in [3.05, 3.63) is 29.8 Å². The number of carboxylic acid groups (broad SMARTS) is 1. The van der Waals surface area contributed by atoms with E-state index in [-0.39, 0.29) is 16.1 Å². The lowest BCUT2D eigenvalue weighted by Crippen LogP contribution is -2.76. The van der Waals surface area contributed by atoms with Crippen LogP contribution in [0.5, 0.6) is 0 Å². The van der Waals surface area contributed by atoms with Crippen LogP contribution in [0.3, 0.4) is 0 Å². The molecule has 122 valence electrons. The maximum absolute atomic E-state index is 11.9. The lowest BCUT2D eigenvalue weighted by Gasteiger charge is -2.55. The van der Waals surface area contributed by atoms with Crippen LogP contribution < -0.4 is 10.8 Å². The van der Waals surface area contributed by atoms with Crippen molar-refractivity contribution in [2.45, 2.75) is 45.8 Å². The average Bonchev–Trinajstić information content (AvgIpc) is 2.40. The Morgan fingerprint density at radius 1 is 1.36 bits per heavy atom. The predicted molar refractivity (Wildman–Crippen MR) is 85.9 cm³/mol. The van der Waals surface area contributed by atoms with Crippen LogP contribution in [0.2, 0.25) is 0 Å². The lowest BCUT2D eigenvalue weighted by molar-refractivity contribution is -0.943. The molecule has 5 nitrogen and oxygen atoms in total. The van der Waals surface area contributed by atoms with Crippen LogP contribution in [0.1, 0.15) is 33.3 Å². The smallest absolute Gasteiger partial charge is 0.258 e. The van der Waals surface area contributed by atoms with Crippen molar-refractivity contribution in [1.29, 1.82) is 0 Å². The molecule has 1 aliphatic rings. The molecule has 0 aromatic heterocycles. The van der Waals surface area contributed by atoms with Crippen molar-refractivity contribution < 1.29 is 14.4 Å². The molecule has 2 atom stereocenters. The van der Waals surface area contributed by atoms with Gasteiger partial charge >= 0.3 is 0 Å². The van der Waals surface area contributed by atoms with E-state index in [4.69, 9.17) is 5.73 Å². The first-order chi connectivity index (χ1) is 10.2. The minimum Gasteiger partial charge on any atom is -0.498 e. The number of piperazine rings is 1. The van der Waals surface area contributed by atoms with E-state index in [9.17, 15) is 9.90 Å². The van der Waals surface area contributed by atoms with Gasteiger partial charge in [0.25, 0.3) is 6.09 Å². The fourth-order valence-corrected chi connectivity index (χ4v) is 3.69. The molecule has 2 N–H and O–H groups in total. The molecule has 1 heterocycles. The number of carbonyl (C=O) groups excluding carboxylic acids is 1. The molecule has 1 aromatic carbocycles. The second-order valence-corrected chi connectivity index (χ2v) is 7.35. The Balaban J connectivity index is 2.12. The third kappa shape index (κ3) is 2.96. The third-order valence-corrected chi connectivity index (χ3v) is 4.95. The zero-order valence-electron chi connectivity index (χ0n) is 14.0. The van der Waals surface area contributed by atoms with E-state index in [1.54, 1.807) is 0 Å². The summed E-state index contributed by atoms with van der Waals surface area (Å²) in [6.45, 7) is 10.8. The number of nitrogens with two attached hydrogens (primary N) is 1. The van der Waals surface area contributed by atoms with Crippen LogP contribution >= 0.6 is 0 Å². The SMILES string of the molecule is C[C@@H]1CN(Cc2ccc(N)cc2)CC[N+]1(C(=O)[O-])C(C)(C)C. The van der Waals surface area contributed by atoms with E-state index in [2.05, 4.69) is 4.90 Å². The first kappa shape index (κ1) is 16.8. The molecule has 1 aromatic rings. The summed E-state index contributed by atoms with van der Waals surface area (Å²) in [5.41, 5.74) is 7.30. The summed E-state index contributed by atoms with van der Waals surface area (Å²) < 4.78 is 0.0191. The molecule has 0 aliphatic carbocycles. The Bertz CT molecular complexity index is 536. The quantitative estimate of drug-likeness (QED) is 0.663. The Morgan fingerprint density at radius 3 is 2.41 bits per heavy atom. The number of nitrogen functional groups attached to an aromatic ring is 1. The zero-order valence-corrected chi connectivity index (χ0v) is 14.0. The second-order valence-electron chi connectivity index (χ2n) is 7.35. The Morgan fingerprint density at radius 2 is 1.95 bits per heavy atom. The topological polar surface area (TPSA) is 69.4 Å². The van der Waals surface area contributed by atoms with Crippen LogP contribution in [-0.2, 0) is 6.54 Å². The maximum atomic E-state index is 11.9.